The van der Waals surface area contributed by atoms with Crippen LogP contribution in [0, 0.1) is 11.3 Å². The fourth-order valence-corrected chi connectivity index (χ4v) is 3.57. The van der Waals surface area contributed by atoms with E-state index in [2.05, 4.69) is 5.32 Å². The number of halogens is 3. The number of hydrogen-bond donors (Lipinski definition) is 1. The van der Waals surface area contributed by atoms with Gasteiger partial charge in [-0.3, -0.25) is 9.59 Å². The van der Waals surface area contributed by atoms with Crippen LogP contribution in [0.15, 0.2) is 42.5 Å². The summed E-state index contributed by atoms with van der Waals surface area (Å²) in [7, 11) is 0. The molecule has 1 aliphatic rings. The highest BCUT2D eigenvalue weighted by Gasteiger charge is 2.50. The molecule has 1 aliphatic heterocycles. The van der Waals surface area contributed by atoms with Gasteiger partial charge in [0, 0.05) is 0 Å². The van der Waals surface area contributed by atoms with Gasteiger partial charge in [0.2, 0.25) is 0 Å². The smallest absolute Gasteiger partial charge is 0.417 e. The van der Waals surface area contributed by atoms with Gasteiger partial charge >= 0.3 is 18.2 Å². The van der Waals surface area contributed by atoms with E-state index in [1.54, 1.807) is 45.0 Å². The molecule has 178 valence electrons. The maximum Gasteiger partial charge on any atom is 0.417 e. The van der Waals surface area contributed by atoms with E-state index in [1.807, 2.05) is 0 Å². The minimum Gasteiger partial charge on any atom is -0.460 e. The standard InChI is InChI=1S/C24H22F3N3O4/c1-22(2,3)34-19(31)11-14-5-8-16(9-6-14)23(4)20(32)30(21(33)29-23)17-10-7-15(13-28)18(12-17)24(25,26)27/h5-10,12H,11H2,1-4H3,(H,29,33). The molecule has 1 unspecified atom stereocenters. The van der Waals surface area contributed by atoms with E-state index in [-0.39, 0.29) is 12.1 Å². The Kier molecular flexibility index (Phi) is 6.18. The first-order chi connectivity index (χ1) is 15.7. The summed E-state index contributed by atoms with van der Waals surface area (Å²) >= 11 is 0. The summed E-state index contributed by atoms with van der Waals surface area (Å²) in [4.78, 5) is 38.5. The monoisotopic (exact) mass is 473 g/mol. The number of anilines is 1. The first-order valence-corrected chi connectivity index (χ1v) is 10.2. The fourth-order valence-electron chi connectivity index (χ4n) is 3.57. The molecule has 1 atom stereocenters. The first-order valence-electron chi connectivity index (χ1n) is 10.2. The van der Waals surface area contributed by atoms with E-state index in [0.717, 1.165) is 12.1 Å². The minimum atomic E-state index is -4.84. The molecular formula is C24H22F3N3O4. The van der Waals surface area contributed by atoms with Gasteiger partial charge < -0.3 is 10.1 Å². The molecule has 0 aromatic heterocycles. The maximum absolute atomic E-state index is 13.3. The van der Waals surface area contributed by atoms with E-state index < -0.39 is 46.4 Å². The Morgan fingerprint density at radius 2 is 1.74 bits per heavy atom. The number of amides is 3. The zero-order valence-electron chi connectivity index (χ0n) is 18.9. The van der Waals surface area contributed by atoms with Crippen LogP contribution in [-0.2, 0) is 32.5 Å². The number of carbonyl (C=O) groups excluding carboxylic acids is 3. The molecule has 2 aromatic carbocycles. The molecule has 1 N–H and O–H groups in total. The van der Waals surface area contributed by atoms with Crippen LogP contribution < -0.4 is 10.2 Å². The summed E-state index contributed by atoms with van der Waals surface area (Å²) in [5, 5.41) is 11.5. The van der Waals surface area contributed by atoms with Gasteiger partial charge in [0.05, 0.1) is 29.3 Å². The Balaban J connectivity index is 1.88. The van der Waals surface area contributed by atoms with Crippen molar-refractivity contribution in [3.63, 3.8) is 0 Å². The molecule has 0 spiro atoms. The van der Waals surface area contributed by atoms with E-state index in [4.69, 9.17) is 10.00 Å². The van der Waals surface area contributed by atoms with Gasteiger partial charge in [-0.25, -0.2) is 9.69 Å². The summed E-state index contributed by atoms with van der Waals surface area (Å²) in [5.74, 6) is -1.21. The number of nitrogens with one attached hydrogen (secondary N) is 1. The molecule has 0 bridgehead atoms. The van der Waals surface area contributed by atoms with Crippen LogP contribution in [0.3, 0.4) is 0 Å². The third-order valence-corrected chi connectivity index (χ3v) is 5.18. The molecule has 3 rings (SSSR count). The topological polar surface area (TPSA) is 99.5 Å². The van der Waals surface area contributed by atoms with Crippen LogP contribution in [0.1, 0.15) is 49.9 Å². The van der Waals surface area contributed by atoms with Gasteiger partial charge in [0.15, 0.2) is 0 Å². The second-order valence-corrected chi connectivity index (χ2v) is 9.00. The lowest BCUT2D eigenvalue weighted by molar-refractivity contribution is -0.154. The lowest BCUT2D eigenvalue weighted by atomic mass is 9.91. The van der Waals surface area contributed by atoms with Crippen LogP contribution in [-0.4, -0.2) is 23.5 Å². The number of nitriles is 1. The highest BCUT2D eigenvalue weighted by molar-refractivity contribution is 6.23. The van der Waals surface area contributed by atoms with Crippen LogP contribution in [0.2, 0.25) is 0 Å². The molecule has 1 fully saturated rings. The second kappa shape index (κ2) is 8.48. The van der Waals surface area contributed by atoms with Crippen molar-refractivity contribution < 1.29 is 32.3 Å². The van der Waals surface area contributed by atoms with E-state index in [1.165, 1.54) is 13.0 Å². The number of benzene rings is 2. The SMILES string of the molecule is CC(C)(C)OC(=O)Cc1ccc(C2(C)NC(=O)N(c3ccc(C#N)c(C(F)(F)F)c3)C2=O)cc1. The Bertz CT molecular complexity index is 1190. The van der Waals surface area contributed by atoms with Gasteiger partial charge in [0.25, 0.3) is 5.91 Å². The van der Waals surface area contributed by atoms with Crippen molar-refractivity contribution >= 4 is 23.6 Å². The van der Waals surface area contributed by atoms with Crippen LogP contribution in [0.25, 0.3) is 0 Å². The Morgan fingerprint density at radius 3 is 2.26 bits per heavy atom. The van der Waals surface area contributed by atoms with Crippen molar-refractivity contribution in [1.29, 1.82) is 5.26 Å². The average Bonchev–Trinajstić information content (AvgIpc) is 2.95. The van der Waals surface area contributed by atoms with Gasteiger partial charge in [-0.15, -0.1) is 0 Å². The Hall–Kier alpha value is -3.87. The van der Waals surface area contributed by atoms with Gasteiger partial charge in [0.1, 0.15) is 11.1 Å². The van der Waals surface area contributed by atoms with Crippen molar-refractivity contribution in [2.75, 3.05) is 4.90 Å². The number of alkyl halides is 3. The normalized spacial score (nSPS) is 18.5. The number of nitrogens with zero attached hydrogens (tertiary/aromatic N) is 2. The summed E-state index contributed by atoms with van der Waals surface area (Å²) in [5.41, 5.74) is -3.35. The first kappa shape index (κ1) is 24.8. The van der Waals surface area contributed by atoms with Gasteiger partial charge in [-0.2, -0.15) is 18.4 Å². The average molecular weight is 473 g/mol. The highest BCUT2D eigenvalue weighted by atomic mass is 19.4. The summed E-state index contributed by atoms with van der Waals surface area (Å²) < 4.78 is 45.3. The Morgan fingerprint density at radius 1 is 1.12 bits per heavy atom. The molecule has 2 aromatic rings. The highest BCUT2D eigenvalue weighted by Crippen LogP contribution is 2.37. The second-order valence-electron chi connectivity index (χ2n) is 9.00. The van der Waals surface area contributed by atoms with Crippen molar-refractivity contribution in [2.24, 2.45) is 0 Å². The number of carbonyl (C=O) groups is 3. The fraction of sp³-hybridized carbons (Fsp3) is 0.333. The van der Waals surface area contributed by atoms with E-state index >= 15 is 0 Å². The number of urea groups is 1. The quantitative estimate of drug-likeness (QED) is 0.523. The largest absolute Gasteiger partial charge is 0.460 e. The molecule has 3 amide bonds. The van der Waals surface area contributed by atoms with Crippen molar-refractivity contribution in [1.82, 2.24) is 5.32 Å². The number of esters is 1. The number of ether oxygens (including phenoxy) is 1. The third-order valence-electron chi connectivity index (χ3n) is 5.18. The molecule has 1 heterocycles. The molecular weight excluding hydrogens is 451 g/mol. The predicted molar refractivity (Wildman–Crippen MR) is 116 cm³/mol. The van der Waals surface area contributed by atoms with E-state index in [0.29, 0.717) is 22.1 Å². The zero-order valence-corrected chi connectivity index (χ0v) is 18.9. The van der Waals surface area contributed by atoms with Crippen molar-refractivity contribution in [2.45, 2.75) is 51.4 Å². The zero-order chi connectivity index (χ0) is 25.5. The van der Waals surface area contributed by atoms with Crippen molar-refractivity contribution in [3.05, 3.63) is 64.7 Å². The molecule has 0 saturated carbocycles. The summed E-state index contributed by atoms with van der Waals surface area (Å²) in [6.45, 7) is 6.69. The predicted octanol–water partition coefficient (Wildman–Crippen LogP) is 4.43. The number of hydrogen-bond acceptors (Lipinski definition) is 5. The lowest BCUT2D eigenvalue weighted by Crippen LogP contribution is -2.41. The van der Waals surface area contributed by atoms with Crippen LogP contribution in [0.5, 0.6) is 0 Å². The number of imide groups is 1. The molecule has 1 saturated heterocycles. The van der Waals surface area contributed by atoms with Gasteiger partial charge in [-0.1, -0.05) is 24.3 Å². The van der Waals surface area contributed by atoms with Gasteiger partial charge in [-0.05, 0) is 57.0 Å². The number of rotatable bonds is 4. The molecule has 34 heavy (non-hydrogen) atoms. The molecule has 0 radical (unpaired) electrons. The molecule has 0 aliphatic carbocycles. The molecule has 7 nitrogen and oxygen atoms in total. The summed E-state index contributed by atoms with van der Waals surface area (Å²) in [6, 6.07) is 9.52. The van der Waals surface area contributed by atoms with Crippen LogP contribution >= 0.6 is 0 Å². The summed E-state index contributed by atoms with van der Waals surface area (Å²) in [6.07, 6.45) is -4.83. The molecule has 10 heteroatoms. The lowest BCUT2D eigenvalue weighted by Gasteiger charge is -2.23. The third kappa shape index (κ3) is 4.88. The van der Waals surface area contributed by atoms with Crippen LogP contribution in [0.4, 0.5) is 23.7 Å². The maximum atomic E-state index is 13.3. The minimum absolute atomic E-state index is 0.00611. The van der Waals surface area contributed by atoms with E-state index in [9.17, 15) is 27.6 Å². The Labute approximate surface area is 194 Å². The van der Waals surface area contributed by atoms with Crippen molar-refractivity contribution in [3.8, 4) is 6.07 Å².